The number of hydrogen-bond donors (Lipinski definition) is 1. The molecule has 0 saturated carbocycles. The molecule has 0 bridgehead atoms. The maximum absolute atomic E-state index is 13.4. The highest BCUT2D eigenvalue weighted by Gasteiger charge is 2.07. The van der Waals surface area contributed by atoms with Gasteiger partial charge >= 0.3 is 0 Å². The van der Waals surface area contributed by atoms with E-state index in [1.54, 1.807) is 19.2 Å². The summed E-state index contributed by atoms with van der Waals surface area (Å²) in [5.74, 6) is -0.552. The van der Waals surface area contributed by atoms with Gasteiger partial charge < -0.3 is 10.1 Å². The standard InChI is InChI=1S/C16H17F2NOS/c1-20-8-7-19-11-12-9-14(18)5-6-16(12)21-15-4-2-3-13(17)10-15/h2-6,9-10,19H,7-8,11H2,1H3. The second-order valence-electron chi connectivity index (χ2n) is 4.48. The van der Waals surface area contributed by atoms with Crippen molar-refractivity contribution in [1.29, 1.82) is 0 Å². The van der Waals surface area contributed by atoms with Gasteiger partial charge in [-0.1, -0.05) is 17.8 Å². The fourth-order valence-corrected chi connectivity index (χ4v) is 2.81. The number of methoxy groups -OCH3 is 1. The first kappa shape index (κ1) is 15.9. The van der Waals surface area contributed by atoms with Crippen LogP contribution in [0.4, 0.5) is 8.78 Å². The summed E-state index contributed by atoms with van der Waals surface area (Å²) >= 11 is 1.42. The molecule has 0 atom stereocenters. The zero-order chi connectivity index (χ0) is 15.1. The molecular formula is C16H17F2NOS. The van der Waals surface area contributed by atoms with Gasteiger partial charge in [0, 0.05) is 30.0 Å². The Morgan fingerprint density at radius 2 is 1.90 bits per heavy atom. The number of halogens is 2. The molecule has 0 heterocycles. The second-order valence-corrected chi connectivity index (χ2v) is 5.60. The van der Waals surface area contributed by atoms with E-state index in [9.17, 15) is 8.78 Å². The fourth-order valence-electron chi connectivity index (χ4n) is 1.84. The maximum atomic E-state index is 13.4. The van der Waals surface area contributed by atoms with E-state index in [-0.39, 0.29) is 11.6 Å². The largest absolute Gasteiger partial charge is 0.383 e. The molecule has 0 radical (unpaired) electrons. The Balaban J connectivity index is 2.10. The average Bonchev–Trinajstić information content (AvgIpc) is 2.46. The minimum absolute atomic E-state index is 0.276. The molecule has 2 nitrogen and oxygen atoms in total. The van der Waals surface area contributed by atoms with Crippen molar-refractivity contribution in [2.45, 2.75) is 16.3 Å². The molecule has 5 heteroatoms. The zero-order valence-electron chi connectivity index (χ0n) is 11.7. The summed E-state index contributed by atoms with van der Waals surface area (Å²) in [5, 5.41) is 3.19. The average molecular weight is 309 g/mol. The molecule has 0 aliphatic rings. The Bertz CT molecular complexity index is 592. The summed E-state index contributed by atoms with van der Waals surface area (Å²) in [6, 6.07) is 11.0. The Kier molecular flexibility index (Phi) is 6.17. The van der Waals surface area contributed by atoms with Gasteiger partial charge in [0.05, 0.1) is 6.61 Å². The van der Waals surface area contributed by atoms with E-state index in [0.29, 0.717) is 19.7 Å². The second kappa shape index (κ2) is 8.12. The van der Waals surface area contributed by atoms with Gasteiger partial charge in [-0.05, 0) is 42.0 Å². The first-order chi connectivity index (χ1) is 10.2. The summed E-state index contributed by atoms with van der Waals surface area (Å²) < 4.78 is 31.6. The van der Waals surface area contributed by atoms with Crippen LogP contribution >= 0.6 is 11.8 Å². The van der Waals surface area contributed by atoms with Crippen LogP contribution in [0.15, 0.2) is 52.3 Å². The van der Waals surface area contributed by atoms with Crippen molar-refractivity contribution in [2.75, 3.05) is 20.3 Å². The lowest BCUT2D eigenvalue weighted by molar-refractivity contribution is 0.199. The SMILES string of the molecule is COCCNCc1cc(F)ccc1Sc1cccc(F)c1. The number of nitrogens with one attached hydrogen (secondary N) is 1. The Hall–Kier alpha value is -1.43. The minimum atomic E-state index is -0.276. The Labute approximate surface area is 127 Å². The van der Waals surface area contributed by atoms with E-state index >= 15 is 0 Å². The van der Waals surface area contributed by atoms with E-state index in [1.165, 1.54) is 36.0 Å². The smallest absolute Gasteiger partial charge is 0.124 e. The molecule has 112 valence electrons. The first-order valence-corrected chi connectivity index (χ1v) is 7.42. The van der Waals surface area contributed by atoms with E-state index in [0.717, 1.165) is 15.4 Å². The van der Waals surface area contributed by atoms with Crippen LogP contribution in [0.25, 0.3) is 0 Å². The predicted octanol–water partition coefficient (Wildman–Crippen LogP) is 3.85. The first-order valence-electron chi connectivity index (χ1n) is 6.60. The van der Waals surface area contributed by atoms with Crippen LogP contribution in [0, 0.1) is 11.6 Å². The van der Waals surface area contributed by atoms with Crippen molar-refractivity contribution in [1.82, 2.24) is 5.32 Å². The lowest BCUT2D eigenvalue weighted by atomic mass is 10.2. The van der Waals surface area contributed by atoms with E-state index < -0.39 is 0 Å². The molecule has 0 aromatic heterocycles. The van der Waals surface area contributed by atoms with Crippen molar-refractivity contribution in [3.8, 4) is 0 Å². The summed E-state index contributed by atoms with van der Waals surface area (Å²) in [5.41, 5.74) is 0.848. The van der Waals surface area contributed by atoms with Gasteiger partial charge in [0.1, 0.15) is 11.6 Å². The van der Waals surface area contributed by atoms with E-state index in [1.807, 2.05) is 6.07 Å². The number of benzene rings is 2. The topological polar surface area (TPSA) is 21.3 Å². The minimum Gasteiger partial charge on any atom is -0.383 e. The Morgan fingerprint density at radius 3 is 2.67 bits per heavy atom. The highest BCUT2D eigenvalue weighted by molar-refractivity contribution is 7.99. The normalized spacial score (nSPS) is 10.8. The van der Waals surface area contributed by atoms with Gasteiger partial charge in [-0.3, -0.25) is 0 Å². The molecule has 2 aromatic rings. The van der Waals surface area contributed by atoms with Crippen LogP contribution < -0.4 is 5.32 Å². The van der Waals surface area contributed by atoms with Crippen LogP contribution in [0.3, 0.4) is 0 Å². The van der Waals surface area contributed by atoms with Gasteiger partial charge in [-0.2, -0.15) is 0 Å². The molecule has 2 aromatic carbocycles. The summed E-state index contributed by atoms with van der Waals surface area (Å²) in [7, 11) is 1.63. The lowest BCUT2D eigenvalue weighted by Gasteiger charge is -2.10. The van der Waals surface area contributed by atoms with Crippen molar-refractivity contribution in [2.24, 2.45) is 0 Å². The molecule has 0 unspecified atom stereocenters. The van der Waals surface area contributed by atoms with Gasteiger partial charge in [-0.25, -0.2) is 8.78 Å². The van der Waals surface area contributed by atoms with Gasteiger partial charge in [-0.15, -0.1) is 0 Å². The molecule has 0 spiro atoms. The quantitative estimate of drug-likeness (QED) is 0.785. The van der Waals surface area contributed by atoms with Crippen LogP contribution in [0.5, 0.6) is 0 Å². The van der Waals surface area contributed by atoms with Crippen molar-refractivity contribution < 1.29 is 13.5 Å². The van der Waals surface area contributed by atoms with Gasteiger partial charge in [0.25, 0.3) is 0 Å². The molecule has 21 heavy (non-hydrogen) atoms. The lowest BCUT2D eigenvalue weighted by Crippen LogP contribution is -2.19. The van der Waals surface area contributed by atoms with Gasteiger partial charge in [0.15, 0.2) is 0 Å². The molecule has 0 saturated heterocycles. The van der Waals surface area contributed by atoms with E-state index in [2.05, 4.69) is 5.32 Å². The summed E-state index contributed by atoms with van der Waals surface area (Å²) in [4.78, 5) is 1.70. The maximum Gasteiger partial charge on any atom is 0.124 e. The molecule has 1 N–H and O–H groups in total. The van der Waals surface area contributed by atoms with Crippen LogP contribution in [-0.4, -0.2) is 20.3 Å². The summed E-state index contributed by atoms with van der Waals surface area (Å²) in [6.45, 7) is 1.83. The fraction of sp³-hybridized carbons (Fsp3) is 0.250. The Morgan fingerprint density at radius 1 is 1.10 bits per heavy atom. The van der Waals surface area contributed by atoms with Crippen LogP contribution in [0.2, 0.25) is 0 Å². The van der Waals surface area contributed by atoms with Gasteiger partial charge in [0.2, 0.25) is 0 Å². The number of rotatable bonds is 7. The molecule has 0 fully saturated rings. The number of hydrogen-bond acceptors (Lipinski definition) is 3. The highest BCUT2D eigenvalue weighted by Crippen LogP contribution is 2.31. The zero-order valence-corrected chi connectivity index (χ0v) is 12.6. The third-order valence-electron chi connectivity index (χ3n) is 2.84. The van der Waals surface area contributed by atoms with Crippen LogP contribution in [0.1, 0.15) is 5.56 Å². The molecule has 0 amide bonds. The predicted molar refractivity (Wildman–Crippen MR) is 80.5 cm³/mol. The molecular weight excluding hydrogens is 292 g/mol. The van der Waals surface area contributed by atoms with E-state index in [4.69, 9.17) is 4.74 Å². The highest BCUT2D eigenvalue weighted by atomic mass is 32.2. The molecule has 0 aliphatic heterocycles. The van der Waals surface area contributed by atoms with Crippen molar-refractivity contribution in [3.63, 3.8) is 0 Å². The summed E-state index contributed by atoms with van der Waals surface area (Å²) in [6.07, 6.45) is 0. The third kappa shape index (κ3) is 5.12. The monoisotopic (exact) mass is 309 g/mol. The van der Waals surface area contributed by atoms with Crippen LogP contribution in [-0.2, 0) is 11.3 Å². The third-order valence-corrected chi connectivity index (χ3v) is 3.95. The number of ether oxygens (including phenoxy) is 1. The van der Waals surface area contributed by atoms with Crippen molar-refractivity contribution >= 4 is 11.8 Å². The molecule has 2 rings (SSSR count). The molecule has 0 aliphatic carbocycles. The van der Waals surface area contributed by atoms with Crippen molar-refractivity contribution in [3.05, 3.63) is 59.7 Å².